The van der Waals surface area contributed by atoms with Crippen LogP contribution < -0.4 is 10.2 Å². The third kappa shape index (κ3) is 7.41. The first kappa shape index (κ1) is 20.9. The lowest BCUT2D eigenvalue weighted by Crippen LogP contribution is -2.26. The fourth-order valence-corrected chi connectivity index (χ4v) is 3.26. The number of para-hydroxylation sites is 1. The van der Waals surface area contributed by atoms with Crippen molar-refractivity contribution in [1.29, 1.82) is 0 Å². The highest BCUT2D eigenvalue weighted by atomic mass is 16.5. The Morgan fingerprint density at radius 1 is 1.33 bits per heavy atom. The van der Waals surface area contributed by atoms with Crippen molar-refractivity contribution in [3.05, 3.63) is 53.1 Å². The first-order chi connectivity index (χ1) is 13.0. The zero-order valence-electron chi connectivity index (χ0n) is 17.0. The summed E-state index contributed by atoms with van der Waals surface area (Å²) in [7, 11) is 0. The van der Waals surface area contributed by atoms with Gasteiger partial charge in [-0.15, -0.1) is 0 Å². The molecule has 4 nitrogen and oxygen atoms in total. The first-order valence-corrected chi connectivity index (χ1v) is 9.79. The van der Waals surface area contributed by atoms with E-state index in [0.717, 1.165) is 37.0 Å². The zero-order valence-corrected chi connectivity index (χ0v) is 17.0. The van der Waals surface area contributed by atoms with Gasteiger partial charge in [0.2, 0.25) is 0 Å². The number of nitrogens with one attached hydrogen (secondary N) is 1. The third-order valence-electron chi connectivity index (χ3n) is 4.90. The lowest BCUT2D eigenvalue weighted by atomic mass is 9.81. The molecule has 0 radical (unpaired) electrons. The number of hydrogen-bond acceptors (Lipinski definition) is 3. The minimum absolute atomic E-state index is 0.0309. The van der Waals surface area contributed by atoms with E-state index >= 15 is 0 Å². The quantitative estimate of drug-likeness (QED) is 0.390. The van der Waals surface area contributed by atoms with E-state index in [1.54, 1.807) is 5.57 Å². The largest absolute Gasteiger partial charge is 0.483 e. The smallest absolute Gasteiger partial charge is 0.277 e. The number of rotatable bonds is 8. The molecule has 0 saturated heterocycles. The van der Waals surface area contributed by atoms with Crippen LogP contribution in [-0.4, -0.2) is 18.7 Å². The zero-order chi connectivity index (χ0) is 19.6. The van der Waals surface area contributed by atoms with Crippen molar-refractivity contribution in [1.82, 2.24) is 5.43 Å². The van der Waals surface area contributed by atoms with Crippen LogP contribution in [0.25, 0.3) is 0 Å². The molecule has 2 atom stereocenters. The monoisotopic (exact) mass is 368 g/mol. The molecular weight excluding hydrogens is 336 g/mol. The molecule has 1 amide bonds. The Kier molecular flexibility index (Phi) is 8.31. The van der Waals surface area contributed by atoms with Crippen LogP contribution in [0.15, 0.2) is 52.7 Å². The average molecular weight is 369 g/mol. The van der Waals surface area contributed by atoms with Crippen LogP contribution in [0.2, 0.25) is 0 Å². The van der Waals surface area contributed by atoms with Gasteiger partial charge in [0.1, 0.15) is 5.75 Å². The van der Waals surface area contributed by atoms with Crippen molar-refractivity contribution in [2.24, 2.45) is 16.9 Å². The number of nitrogens with zero attached hydrogens (tertiary/aromatic N) is 1. The Morgan fingerprint density at radius 2 is 2.11 bits per heavy atom. The van der Waals surface area contributed by atoms with Gasteiger partial charge in [0.15, 0.2) is 6.61 Å². The Labute approximate surface area is 163 Å². The van der Waals surface area contributed by atoms with E-state index in [-0.39, 0.29) is 12.5 Å². The molecule has 0 spiro atoms. The fraction of sp³-hybridized carbons (Fsp3) is 0.478. The van der Waals surface area contributed by atoms with Crippen molar-refractivity contribution in [2.75, 3.05) is 6.61 Å². The molecule has 0 saturated carbocycles. The molecule has 146 valence electrons. The van der Waals surface area contributed by atoms with Crippen LogP contribution in [0.3, 0.4) is 0 Å². The summed E-state index contributed by atoms with van der Waals surface area (Å²) in [6, 6.07) is 7.65. The van der Waals surface area contributed by atoms with E-state index in [9.17, 15) is 4.79 Å². The molecule has 0 fully saturated rings. The van der Waals surface area contributed by atoms with E-state index in [1.165, 1.54) is 5.57 Å². The average Bonchev–Trinajstić information content (AvgIpc) is 2.62. The molecule has 0 unspecified atom stereocenters. The van der Waals surface area contributed by atoms with Crippen LogP contribution in [-0.2, 0) is 4.79 Å². The van der Waals surface area contributed by atoms with Crippen LogP contribution in [0.4, 0.5) is 0 Å². The number of hydrogen-bond donors (Lipinski definition) is 1. The predicted molar refractivity (Wildman–Crippen MR) is 112 cm³/mol. The lowest BCUT2D eigenvalue weighted by Gasteiger charge is -2.24. The molecule has 27 heavy (non-hydrogen) atoms. The standard InChI is InChI=1S/C23H32N2O2/c1-17(2)8-7-10-20-12-13-21(19(4)14-20)15-24-25-23(26)16-27-22-11-6-5-9-18(22)3/h5-6,8-9,11,14-15,19,21H,7,10,12-13,16H2,1-4H3,(H,25,26)/b24-15-/t19-,21-/m0/s1. The highest BCUT2D eigenvalue weighted by Crippen LogP contribution is 2.29. The maximum atomic E-state index is 11.9. The molecule has 0 aromatic heterocycles. The summed E-state index contributed by atoms with van der Waals surface area (Å²) < 4.78 is 5.53. The van der Waals surface area contributed by atoms with Crippen molar-refractivity contribution < 1.29 is 9.53 Å². The Morgan fingerprint density at radius 3 is 2.81 bits per heavy atom. The number of hydrazone groups is 1. The SMILES string of the molecule is CC(C)=CCCC1=C[C@H](C)[C@H](/C=N\NC(=O)COc2ccccc2C)CC1. The maximum Gasteiger partial charge on any atom is 0.277 e. The summed E-state index contributed by atoms with van der Waals surface area (Å²) >= 11 is 0. The first-order valence-electron chi connectivity index (χ1n) is 9.79. The van der Waals surface area contributed by atoms with Crippen molar-refractivity contribution in [3.63, 3.8) is 0 Å². The van der Waals surface area contributed by atoms with Gasteiger partial charge in [-0.3, -0.25) is 4.79 Å². The molecule has 1 aliphatic rings. The van der Waals surface area contributed by atoms with E-state index < -0.39 is 0 Å². The highest BCUT2D eigenvalue weighted by Gasteiger charge is 2.19. The molecule has 0 heterocycles. The van der Waals surface area contributed by atoms with Crippen LogP contribution in [0, 0.1) is 18.8 Å². The minimum atomic E-state index is -0.240. The maximum absolute atomic E-state index is 11.9. The molecule has 0 aliphatic heterocycles. The van der Waals surface area contributed by atoms with Gasteiger partial charge in [-0.1, -0.05) is 48.4 Å². The number of benzene rings is 1. The molecule has 0 bridgehead atoms. The van der Waals surface area contributed by atoms with E-state index in [4.69, 9.17) is 4.74 Å². The second-order valence-corrected chi connectivity index (χ2v) is 7.57. The Bertz CT molecular complexity index is 715. The van der Waals surface area contributed by atoms with Gasteiger partial charge < -0.3 is 4.74 Å². The minimum Gasteiger partial charge on any atom is -0.483 e. The van der Waals surface area contributed by atoms with Crippen molar-refractivity contribution in [2.45, 2.75) is 53.4 Å². The van der Waals surface area contributed by atoms with Crippen LogP contribution >= 0.6 is 0 Å². The molecule has 4 heteroatoms. The fourth-order valence-electron chi connectivity index (χ4n) is 3.26. The summed E-state index contributed by atoms with van der Waals surface area (Å²) in [6.07, 6.45) is 11.0. The molecule has 1 aromatic rings. The third-order valence-corrected chi connectivity index (χ3v) is 4.90. The highest BCUT2D eigenvalue weighted by molar-refractivity contribution is 5.78. The predicted octanol–water partition coefficient (Wildman–Crippen LogP) is 5.19. The summed E-state index contributed by atoms with van der Waals surface area (Å²) in [5.74, 6) is 1.30. The van der Waals surface area contributed by atoms with E-state index in [0.29, 0.717) is 11.8 Å². The number of ether oxygens (including phenoxy) is 1. The molecule has 2 rings (SSSR count). The summed E-state index contributed by atoms with van der Waals surface area (Å²) in [6.45, 7) is 8.43. The van der Waals surface area contributed by atoms with E-state index in [1.807, 2.05) is 37.4 Å². The molecule has 1 N–H and O–H groups in total. The Hall–Kier alpha value is -2.36. The number of carbonyl (C=O) groups is 1. The van der Waals surface area contributed by atoms with Gasteiger partial charge in [-0.2, -0.15) is 5.10 Å². The summed E-state index contributed by atoms with van der Waals surface area (Å²) in [4.78, 5) is 11.9. The molecule has 1 aliphatic carbocycles. The van der Waals surface area contributed by atoms with Gasteiger partial charge in [0.05, 0.1) is 0 Å². The van der Waals surface area contributed by atoms with Crippen molar-refractivity contribution >= 4 is 12.1 Å². The van der Waals surface area contributed by atoms with Crippen LogP contribution in [0.1, 0.15) is 52.0 Å². The van der Waals surface area contributed by atoms with Gasteiger partial charge in [-0.25, -0.2) is 5.43 Å². The van der Waals surface area contributed by atoms with Crippen LogP contribution in [0.5, 0.6) is 5.75 Å². The van der Waals surface area contributed by atoms with Gasteiger partial charge in [-0.05, 0) is 64.0 Å². The topological polar surface area (TPSA) is 50.7 Å². The van der Waals surface area contributed by atoms with Gasteiger partial charge in [0.25, 0.3) is 5.91 Å². The summed E-state index contributed by atoms with van der Waals surface area (Å²) in [5, 5.41) is 4.15. The normalized spacial score (nSPS) is 19.5. The van der Waals surface area contributed by atoms with Gasteiger partial charge in [0, 0.05) is 12.1 Å². The van der Waals surface area contributed by atoms with Gasteiger partial charge >= 0.3 is 0 Å². The number of allylic oxidation sites excluding steroid dienone is 4. The molecule has 1 aromatic carbocycles. The number of amides is 1. The lowest BCUT2D eigenvalue weighted by molar-refractivity contribution is -0.123. The Balaban J connectivity index is 1.74. The summed E-state index contributed by atoms with van der Waals surface area (Å²) in [5.41, 5.74) is 6.51. The number of carbonyl (C=O) groups excluding carboxylic acids is 1. The second kappa shape index (κ2) is 10.7. The number of aryl methyl sites for hydroxylation is 1. The van der Waals surface area contributed by atoms with E-state index in [2.05, 4.69) is 43.5 Å². The second-order valence-electron chi connectivity index (χ2n) is 7.57. The van der Waals surface area contributed by atoms with Crippen molar-refractivity contribution in [3.8, 4) is 5.75 Å². The molecular formula is C23H32N2O2.